The summed E-state index contributed by atoms with van der Waals surface area (Å²) in [5, 5.41) is 0. The van der Waals surface area contributed by atoms with E-state index < -0.39 is 0 Å². The monoisotopic (exact) mass is 245 g/mol. The van der Waals surface area contributed by atoms with Gasteiger partial charge < -0.3 is 4.74 Å². The van der Waals surface area contributed by atoms with Gasteiger partial charge in [-0.05, 0) is 37.5 Å². The van der Waals surface area contributed by atoms with Crippen LogP contribution in [0.15, 0.2) is 12.1 Å². The molecule has 0 aromatic carbocycles. The van der Waals surface area contributed by atoms with E-state index in [-0.39, 0.29) is 0 Å². The molecular weight excluding hydrogens is 230 g/mol. The second-order valence-corrected chi connectivity index (χ2v) is 4.48. The average molecular weight is 246 g/mol. The Labute approximate surface area is 100 Å². The Hall–Kier alpha value is -0.410. The Morgan fingerprint density at radius 2 is 2.27 bits per heavy atom. The number of aryl methyl sites for hydroxylation is 1. The van der Waals surface area contributed by atoms with Gasteiger partial charge in [-0.15, -0.1) is 11.6 Å². The van der Waals surface area contributed by atoms with Crippen LogP contribution in [0, 0.1) is 6.92 Å². The Balaban J connectivity index is 2.52. The number of hydrogen-bond donors (Lipinski definition) is 0. The molecule has 0 bridgehead atoms. The van der Waals surface area contributed by atoms with Gasteiger partial charge in [-0.25, -0.2) is 0 Å². The minimum Gasteiger partial charge on any atom is -0.492 e. The molecule has 0 radical (unpaired) electrons. The van der Waals surface area contributed by atoms with Crippen molar-refractivity contribution in [3.63, 3.8) is 0 Å². The summed E-state index contributed by atoms with van der Waals surface area (Å²) in [6.07, 6.45) is 3.15. The van der Waals surface area contributed by atoms with Gasteiger partial charge in [0.2, 0.25) is 0 Å². The number of ether oxygens (including phenoxy) is 1. The van der Waals surface area contributed by atoms with E-state index in [1.807, 2.05) is 30.8 Å². The summed E-state index contributed by atoms with van der Waals surface area (Å²) in [5.74, 6) is 2.34. The van der Waals surface area contributed by atoms with Crippen molar-refractivity contribution >= 4 is 23.4 Å². The number of alkyl halides is 1. The summed E-state index contributed by atoms with van der Waals surface area (Å²) in [6.45, 7) is 2.68. The lowest BCUT2D eigenvalue weighted by Crippen LogP contribution is -2.02. The summed E-state index contributed by atoms with van der Waals surface area (Å²) in [4.78, 5) is 4.33. The second kappa shape index (κ2) is 6.96. The highest BCUT2D eigenvalue weighted by Gasteiger charge is 2.04. The predicted octanol–water partition coefficient (Wildman–Crippen LogP) is 3.26. The van der Waals surface area contributed by atoms with E-state index >= 15 is 0 Å². The van der Waals surface area contributed by atoms with Crippen molar-refractivity contribution in [3.8, 4) is 5.75 Å². The molecule has 0 spiro atoms. The predicted molar refractivity (Wildman–Crippen MR) is 67.0 cm³/mol. The summed E-state index contributed by atoms with van der Waals surface area (Å²) in [5.41, 5.74) is 1.81. The zero-order chi connectivity index (χ0) is 11.1. The number of nitrogens with zero attached hydrogens (tertiary/aromatic N) is 1. The molecule has 1 aromatic heterocycles. The molecule has 84 valence electrons. The highest BCUT2D eigenvalue weighted by Crippen LogP contribution is 2.19. The Bertz CT molecular complexity index is 307. The van der Waals surface area contributed by atoms with Crippen LogP contribution < -0.4 is 4.74 Å². The summed E-state index contributed by atoms with van der Waals surface area (Å²) in [6, 6.07) is 3.89. The van der Waals surface area contributed by atoms with Crippen LogP contribution in [0.2, 0.25) is 0 Å². The molecule has 0 atom stereocenters. The van der Waals surface area contributed by atoms with Crippen LogP contribution >= 0.6 is 23.4 Å². The lowest BCUT2D eigenvalue weighted by Gasteiger charge is -2.09. The van der Waals surface area contributed by atoms with Gasteiger partial charge in [0, 0.05) is 5.69 Å². The fourth-order valence-corrected chi connectivity index (χ4v) is 1.81. The first-order chi connectivity index (χ1) is 7.27. The van der Waals surface area contributed by atoms with Crippen molar-refractivity contribution in [2.45, 2.75) is 19.2 Å². The van der Waals surface area contributed by atoms with Crippen molar-refractivity contribution in [1.29, 1.82) is 0 Å². The number of aromatic nitrogens is 1. The largest absolute Gasteiger partial charge is 0.492 e. The van der Waals surface area contributed by atoms with Crippen molar-refractivity contribution in [2.24, 2.45) is 0 Å². The molecule has 0 saturated heterocycles. The van der Waals surface area contributed by atoms with Crippen LogP contribution in [0.5, 0.6) is 5.75 Å². The van der Waals surface area contributed by atoms with Gasteiger partial charge in [0.25, 0.3) is 0 Å². The third-order valence-corrected chi connectivity index (χ3v) is 2.90. The van der Waals surface area contributed by atoms with Gasteiger partial charge in [0.15, 0.2) is 0 Å². The van der Waals surface area contributed by atoms with Gasteiger partial charge in [-0.3, -0.25) is 4.98 Å². The fourth-order valence-electron chi connectivity index (χ4n) is 1.21. The number of hydrogen-bond acceptors (Lipinski definition) is 3. The number of halogens is 1. The summed E-state index contributed by atoms with van der Waals surface area (Å²) < 4.78 is 5.62. The minimum atomic E-state index is 0.402. The van der Waals surface area contributed by atoms with Gasteiger partial charge in [0.05, 0.1) is 18.2 Å². The molecule has 1 aromatic rings. The standard InChI is InChI=1S/C11H16ClNOS/c1-9-4-5-11(10(8-12)13-9)14-6-3-7-15-2/h4-5H,3,6-8H2,1-2H3. The van der Waals surface area contributed by atoms with Crippen LogP contribution in [0.1, 0.15) is 17.8 Å². The number of rotatable bonds is 6. The van der Waals surface area contributed by atoms with E-state index in [1.54, 1.807) is 0 Å². The Morgan fingerprint density at radius 1 is 1.47 bits per heavy atom. The van der Waals surface area contributed by atoms with Gasteiger partial charge >= 0.3 is 0 Å². The van der Waals surface area contributed by atoms with Crippen LogP contribution in [0.25, 0.3) is 0 Å². The van der Waals surface area contributed by atoms with E-state index in [4.69, 9.17) is 16.3 Å². The maximum Gasteiger partial charge on any atom is 0.142 e. The van der Waals surface area contributed by atoms with Crippen molar-refractivity contribution < 1.29 is 4.74 Å². The van der Waals surface area contributed by atoms with Crippen LogP contribution in [-0.2, 0) is 5.88 Å². The normalized spacial score (nSPS) is 10.3. The number of pyridine rings is 1. The summed E-state index contributed by atoms with van der Waals surface area (Å²) >= 11 is 7.62. The fraction of sp³-hybridized carbons (Fsp3) is 0.545. The van der Waals surface area contributed by atoms with Crippen LogP contribution in [0.4, 0.5) is 0 Å². The summed E-state index contributed by atoms with van der Waals surface area (Å²) in [7, 11) is 0. The van der Waals surface area contributed by atoms with Crippen molar-refractivity contribution in [2.75, 3.05) is 18.6 Å². The van der Waals surface area contributed by atoms with Gasteiger partial charge in [0.1, 0.15) is 5.75 Å². The van der Waals surface area contributed by atoms with Crippen molar-refractivity contribution in [3.05, 3.63) is 23.5 Å². The second-order valence-electron chi connectivity index (χ2n) is 3.23. The molecular formula is C11H16ClNOS. The smallest absolute Gasteiger partial charge is 0.142 e. The van der Waals surface area contributed by atoms with E-state index in [1.165, 1.54) is 0 Å². The molecule has 1 heterocycles. The zero-order valence-electron chi connectivity index (χ0n) is 9.12. The first-order valence-corrected chi connectivity index (χ1v) is 6.85. The maximum atomic E-state index is 5.80. The highest BCUT2D eigenvalue weighted by molar-refractivity contribution is 7.98. The molecule has 0 aliphatic heterocycles. The molecule has 0 fully saturated rings. The quantitative estimate of drug-likeness (QED) is 0.567. The Morgan fingerprint density at radius 3 is 2.93 bits per heavy atom. The van der Waals surface area contributed by atoms with Crippen LogP contribution in [-0.4, -0.2) is 23.6 Å². The first-order valence-electron chi connectivity index (χ1n) is 4.92. The molecule has 0 saturated carbocycles. The minimum absolute atomic E-state index is 0.402. The molecule has 2 nitrogen and oxygen atoms in total. The first kappa shape index (κ1) is 12.7. The zero-order valence-corrected chi connectivity index (χ0v) is 10.7. The topological polar surface area (TPSA) is 22.1 Å². The van der Waals surface area contributed by atoms with Crippen LogP contribution in [0.3, 0.4) is 0 Å². The highest BCUT2D eigenvalue weighted by atomic mass is 35.5. The van der Waals surface area contributed by atoms with E-state index in [0.717, 1.165) is 35.9 Å². The molecule has 0 amide bonds. The molecule has 4 heteroatoms. The lowest BCUT2D eigenvalue weighted by atomic mass is 10.3. The van der Waals surface area contributed by atoms with Gasteiger partial charge in [-0.2, -0.15) is 11.8 Å². The maximum absolute atomic E-state index is 5.80. The molecule has 15 heavy (non-hydrogen) atoms. The number of thioether (sulfide) groups is 1. The SMILES string of the molecule is CSCCCOc1ccc(C)nc1CCl. The molecule has 1 rings (SSSR count). The molecule has 0 aliphatic rings. The van der Waals surface area contributed by atoms with E-state index in [0.29, 0.717) is 5.88 Å². The third kappa shape index (κ3) is 4.31. The molecule has 0 N–H and O–H groups in total. The average Bonchev–Trinajstić information content (AvgIpc) is 2.26. The Kier molecular flexibility index (Phi) is 5.88. The van der Waals surface area contributed by atoms with Crippen molar-refractivity contribution in [1.82, 2.24) is 4.98 Å². The molecule has 0 aliphatic carbocycles. The van der Waals surface area contributed by atoms with Gasteiger partial charge in [-0.1, -0.05) is 0 Å². The lowest BCUT2D eigenvalue weighted by molar-refractivity contribution is 0.314. The van der Waals surface area contributed by atoms with E-state index in [9.17, 15) is 0 Å². The molecule has 0 unspecified atom stereocenters. The van der Waals surface area contributed by atoms with E-state index in [2.05, 4.69) is 11.2 Å². The third-order valence-electron chi connectivity index (χ3n) is 1.95.